The normalized spacial score (nSPS) is 9.94. The predicted molar refractivity (Wildman–Crippen MR) is 70.5 cm³/mol. The van der Waals surface area contributed by atoms with E-state index >= 15 is 0 Å². The first-order valence-corrected chi connectivity index (χ1v) is 6.05. The van der Waals surface area contributed by atoms with Gasteiger partial charge in [0, 0.05) is 5.56 Å². The molecule has 0 fully saturated rings. The molecule has 0 aromatic heterocycles. The summed E-state index contributed by atoms with van der Waals surface area (Å²) in [6.07, 6.45) is 3.16. The van der Waals surface area contributed by atoms with Crippen LogP contribution >= 0.6 is 0 Å². The fourth-order valence-electron chi connectivity index (χ4n) is 1.93. The molecule has 0 aliphatic rings. The minimum atomic E-state index is -0.448. The first kappa shape index (κ1) is 15.8. The molecule has 0 saturated heterocycles. The SMILES string of the molecule is CC[B-](C#Cc1ccccc1)(CC)CC.[Na+]. The van der Waals surface area contributed by atoms with E-state index in [1.807, 2.05) is 18.2 Å². The zero-order valence-corrected chi connectivity index (χ0v) is 13.1. The first-order chi connectivity index (χ1) is 7.26. The number of rotatable bonds is 3. The molecule has 0 aliphatic carbocycles. The van der Waals surface area contributed by atoms with E-state index < -0.39 is 6.15 Å². The van der Waals surface area contributed by atoms with Crippen LogP contribution in [-0.4, -0.2) is 6.15 Å². The maximum Gasteiger partial charge on any atom is 1.00 e. The maximum atomic E-state index is 3.51. The van der Waals surface area contributed by atoms with Gasteiger partial charge in [-0.2, -0.15) is 19.0 Å². The number of hydrogen-bond donors (Lipinski definition) is 0. The summed E-state index contributed by atoms with van der Waals surface area (Å²) in [4.78, 5) is 0. The molecule has 0 radical (unpaired) electrons. The molecule has 0 aliphatic heterocycles. The van der Waals surface area contributed by atoms with Gasteiger partial charge in [0.25, 0.3) is 0 Å². The summed E-state index contributed by atoms with van der Waals surface area (Å²) in [6, 6.07) is 10.3. The van der Waals surface area contributed by atoms with Crippen molar-refractivity contribution >= 4 is 6.15 Å². The van der Waals surface area contributed by atoms with Gasteiger partial charge >= 0.3 is 29.6 Å². The molecule has 0 unspecified atom stereocenters. The van der Waals surface area contributed by atoms with Gasteiger partial charge in [-0.25, -0.2) is 0 Å². The van der Waals surface area contributed by atoms with Crippen LogP contribution in [0.2, 0.25) is 19.0 Å². The van der Waals surface area contributed by atoms with E-state index in [0.717, 1.165) is 5.56 Å². The molecule has 0 amide bonds. The monoisotopic (exact) mass is 222 g/mol. The third-order valence-corrected chi connectivity index (χ3v) is 3.64. The standard InChI is InChI=1S/C14H20B.Na/c1-4-15(5-2,6-3)13-12-14-10-8-7-9-11-14;/h7-11H,4-6H2,1-3H3;/q-1;+1. The Hall–Kier alpha value is -0.155. The van der Waals surface area contributed by atoms with Crippen molar-refractivity contribution in [3.63, 3.8) is 0 Å². The average Bonchev–Trinajstić information content (AvgIpc) is 2.33. The topological polar surface area (TPSA) is 0 Å². The van der Waals surface area contributed by atoms with Crippen molar-refractivity contribution in [1.82, 2.24) is 0 Å². The molecule has 0 saturated carbocycles. The molecule has 0 spiro atoms. The van der Waals surface area contributed by atoms with Crippen molar-refractivity contribution in [2.45, 2.75) is 39.7 Å². The van der Waals surface area contributed by atoms with Gasteiger partial charge in [-0.15, -0.1) is 5.92 Å². The summed E-state index contributed by atoms with van der Waals surface area (Å²) >= 11 is 0. The summed E-state index contributed by atoms with van der Waals surface area (Å²) in [6.45, 7) is 6.77. The van der Waals surface area contributed by atoms with Crippen molar-refractivity contribution in [2.24, 2.45) is 0 Å². The quantitative estimate of drug-likeness (QED) is 0.530. The molecule has 1 aromatic rings. The van der Waals surface area contributed by atoms with Gasteiger partial charge in [-0.05, 0) is 12.1 Å². The number of hydrogen-bond acceptors (Lipinski definition) is 0. The van der Waals surface area contributed by atoms with E-state index in [9.17, 15) is 0 Å². The summed E-state index contributed by atoms with van der Waals surface area (Å²) < 4.78 is 0. The molecule has 0 bridgehead atoms. The fourth-order valence-corrected chi connectivity index (χ4v) is 1.93. The Kier molecular flexibility index (Phi) is 7.93. The molecular weight excluding hydrogens is 202 g/mol. The van der Waals surface area contributed by atoms with E-state index in [1.165, 1.54) is 19.0 Å². The second kappa shape index (κ2) is 8.01. The Bertz CT molecular complexity index is 336. The van der Waals surface area contributed by atoms with Gasteiger partial charge in [0.15, 0.2) is 0 Å². The summed E-state index contributed by atoms with van der Waals surface area (Å²) in [5.74, 6) is 6.83. The fraction of sp³-hybridized carbons (Fsp3) is 0.429. The van der Waals surface area contributed by atoms with Crippen molar-refractivity contribution in [3.8, 4) is 11.7 Å². The van der Waals surface area contributed by atoms with Gasteiger partial charge in [0.2, 0.25) is 0 Å². The molecule has 2 heteroatoms. The van der Waals surface area contributed by atoms with Gasteiger partial charge in [-0.1, -0.05) is 39.0 Å². The van der Waals surface area contributed by atoms with E-state index in [-0.39, 0.29) is 29.6 Å². The van der Waals surface area contributed by atoms with Crippen LogP contribution in [0.3, 0.4) is 0 Å². The smallest absolute Gasteiger partial charge is 0.309 e. The molecule has 1 rings (SSSR count). The third-order valence-electron chi connectivity index (χ3n) is 3.64. The largest absolute Gasteiger partial charge is 1.00 e. The van der Waals surface area contributed by atoms with Crippen LogP contribution in [0.25, 0.3) is 0 Å². The first-order valence-electron chi connectivity index (χ1n) is 6.05. The van der Waals surface area contributed by atoms with Gasteiger partial charge in [0.05, 0.1) is 6.15 Å². The van der Waals surface area contributed by atoms with E-state index in [2.05, 4.69) is 44.6 Å². The van der Waals surface area contributed by atoms with Crippen LogP contribution in [0.5, 0.6) is 0 Å². The molecular formula is C14H20BNa. The summed E-state index contributed by atoms with van der Waals surface area (Å²) in [5.41, 5.74) is 1.14. The Morgan fingerprint density at radius 1 is 0.938 bits per heavy atom. The van der Waals surface area contributed by atoms with Gasteiger partial charge < -0.3 is 5.82 Å². The molecule has 0 N–H and O–H groups in total. The maximum absolute atomic E-state index is 3.51. The Balaban J connectivity index is 0.00000225. The van der Waals surface area contributed by atoms with Crippen LogP contribution in [0.1, 0.15) is 26.3 Å². The molecule has 0 nitrogen and oxygen atoms in total. The molecule has 0 atom stereocenters. The van der Waals surface area contributed by atoms with Crippen molar-refractivity contribution in [2.75, 3.05) is 0 Å². The zero-order chi connectivity index (χ0) is 11.1. The van der Waals surface area contributed by atoms with E-state index in [0.29, 0.717) is 0 Å². The second-order valence-corrected chi connectivity index (χ2v) is 4.34. The van der Waals surface area contributed by atoms with E-state index in [1.54, 1.807) is 0 Å². The zero-order valence-electron chi connectivity index (χ0n) is 11.1. The minimum absolute atomic E-state index is 0. The molecule has 80 valence electrons. The van der Waals surface area contributed by atoms with Crippen LogP contribution in [0, 0.1) is 11.7 Å². The summed E-state index contributed by atoms with van der Waals surface area (Å²) in [7, 11) is 0. The van der Waals surface area contributed by atoms with Crippen LogP contribution in [-0.2, 0) is 0 Å². The van der Waals surface area contributed by atoms with Crippen LogP contribution < -0.4 is 29.6 Å². The third kappa shape index (κ3) is 4.38. The van der Waals surface area contributed by atoms with Crippen molar-refractivity contribution in [3.05, 3.63) is 35.9 Å². The predicted octanol–water partition coefficient (Wildman–Crippen LogP) is 1.09. The minimum Gasteiger partial charge on any atom is -0.309 e. The molecule has 16 heavy (non-hydrogen) atoms. The van der Waals surface area contributed by atoms with E-state index in [4.69, 9.17) is 0 Å². The Morgan fingerprint density at radius 3 is 1.88 bits per heavy atom. The van der Waals surface area contributed by atoms with Gasteiger partial charge in [-0.3, -0.25) is 0 Å². The Morgan fingerprint density at radius 2 is 1.44 bits per heavy atom. The number of benzene rings is 1. The van der Waals surface area contributed by atoms with Crippen molar-refractivity contribution in [1.29, 1.82) is 0 Å². The Labute approximate surface area is 122 Å². The average molecular weight is 222 g/mol. The molecule has 1 aromatic carbocycles. The van der Waals surface area contributed by atoms with Crippen molar-refractivity contribution < 1.29 is 29.6 Å². The summed E-state index contributed by atoms with van der Waals surface area (Å²) in [5, 5.41) is 0. The second-order valence-electron chi connectivity index (χ2n) is 4.34. The van der Waals surface area contributed by atoms with Crippen LogP contribution in [0.4, 0.5) is 0 Å². The molecule has 0 heterocycles. The van der Waals surface area contributed by atoms with Gasteiger partial charge in [0.1, 0.15) is 0 Å². The van der Waals surface area contributed by atoms with Crippen LogP contribution in [0.15, 0.2) is 30.3 Å².